The summed E-state index contributed by atoms with van der Waals surface area (Å²) in [6, 6.07) is 10.2. The van der Waals surface area contributed by atoms with E-state index in [4.69, 9.17) is 4.74 Å². The topological polar surface area (TPSA) is 84.8 Å². The Morgan fingerprint density at radius 3 is 3.17 bits per heavy atom. The van der Waals surface area contributed by atoms with Crippen LogP contribution in [0, 0.1) is 0 Å². The molecular weight excluding hydrogens is 306 g/mol. The minimum absolute atomic E-state index is 0.0330. The number of hydrogen-bond acceptors (Lipinski definition) is 4. The zero-order valence-electron chi connectivity index (χ0n) is 13.2. The summed E-state index contributed by atoms with van der Waals surface area (Å²) in [6.07, 6.45) is 4.29. The Bertz CT molecular complexity index is 847. The molecule has 1 saturated heterocycles. The molecule has 24 heavy (non-hydrogen) atoms. The molecular formula is C17H19N5O2. The number of amides is 1. The third-order valence-electron chi connectivity index (χ3n) is 4.25. The largest absolute Gasteiger partial charge is 0.370 e. The lowest BCUT2D eigenvalue weighted by Gasteiger charge is -2.05. The maximum atomic E-state index is 12.1. The molecule has 3 heterocycles. The van der Waals surface area contributed by atoms with Gasteiger partial charge in [0.1, 0.15) is 6.10 Å². The number of carbonyl (C=O) groups excluding carboxylic acids is 1. The van der Waals surface area contributed by atoms with Crippen molar-refractivity contribution in [3.8, 4) is 0 Å². The van der Waals surface area contributed by atoms with Gasteiger partial charge in [0, 0.05) is 31.3 Å². The van der Waals surface area contributed by atoms with Gasteiger partial charge in [0.25, 0.3) is 0 Å². The van der Waals surface area contributed by atoms with Crippen LogP contribution in [0.4, 0.5) is 5.95 Å². The number of H-pyrrole nitrogens is 1. The van der Waals surface area contributed by atoms with Crippen molar-refractivity contribution in [2.45, 2.75) is 31.9 Å². The zero-order valence-corrected chi connectivity index (χ0v) is 13.2. The Kier molecular flexibility index (Phi) is 4.00. The van der Waals surface area contributed by atoms with Gasteiger partial charge >= 0.3 is 0 Å². The molecule has 1 aliphatic heterocycles. The second-order valence-electron chi connectivity index (χ2n) is 5.91. The molecule has 7 nitrogen and oxygen atoms in total. The van der Waals surface area contributed by atoms with Gasteiger partial charge in [0.2, 0.25) is 11.9 Å². The lowest BCUT2D eigenvalue weighted by atomic mass is 10.2. The molecule has 0 bridgehead atoms. The highest BCUT2D eigenvalue weighted by molar-refractivity contribution is 5.89. The molecule has 0 spiro atoms. The molecule has 1 fully saturated rings. The summed E-state index contributed by atoms with van der Waals surface area (Å²) < 4.78 is 7.62. The highest BCUT2D eigenvalue weighted by Crippen LogP contribution is 2.26. The number of rotatable bonds is 5. The van der Waals surface area contributed by atoms with Gasteiger partial charge in [-0.1, -0.05) is 18.2 Å². The first-order chi connectivity index (χ1) is 11.8. The molecule has 1 aliphatic rings. The lowest BCUT2D eigenvalue weighted by Crippen LogP contribution is -2.15. The summed E-state index contributed by atoms with van der Waals surface area (Å²) in [4.78, 5) is 16.4. The van der Waals surface area contributed by atoms with E-state index in [1.807, 2.05) is 18.3 Å². The monoisotopic (exact) mass is 325 g/mol. The Morgan fingerprint density at radius 1 is 1.38 bits per heavy atom. The van der Waals surface area contributed by atoms with Crippen molar-refractivity contribution in [2.24, 2.45) is 0 Å². The highest BCUT2D eigenvalue weighted by atomic mass is 16.5. The number of carbonyl (C=O) groups is 1. The fourth-order valence-corrected chi connectivity index (χ4v) is 3.01. The number of anilines is 1. The summed E-state index contributed by atoms with van der Waals surface area (Å²) >= 11 is 0. The van der Waals surface area contributed by atoms with Crippen LogP contribution in [-0.2, 0) is 16.1 Å². The van der Waals surface area contributed by atoms with E-state index in [0.717, 1.165) is 25.0 Å². The smallest absolute Gasteiger partial charge is 0.248 e. The van der Waals surface area contributed by atoms with E-state index in [0.29, 0.717) is 24.7 Å². The van der Waals surface area contributed by atoms with Crippen molar-refractivity contribution < 1.29 is 9.53 Å². The van der Waals surface area contributed by atoms with Gasteiger partial charge in [-0.05, 0) is 30.4 Å². The fourth-order valence-electron chi connectivity index (χ4n) is 3.01. The Balaban J connectivity index is 1.35. The minimum Gasteiger partial charge on any atom is -0.370 e. The first-order valence-corrected chi connectivity index (χ1v) is 8.17. The third kappa shape index (κ3) is 3.03. The second-order valence-corrected chi connectivity index (χ2v) is 5.91. The summed E-state index contributed by atoms with van der Waals surface area (Å²) in [5.41, 5.74) is 1.13. The van der Waals surface area contributed by atoms with Crippen LogP contribution in [0.2, 0.25) is 0 Å². The number of para-hydroxylation sites is 1. The predicted octanol–water partition coefficient (Wildman–Crippen LogP) is 2.64. The minimum atomic E-state index is -0.106. The second kappa shape index (κ2) is 6.45. The molecule has 0 aliphatic carbocycles. The van der Waals surface area contributed by atoms with Gasteiger partial charge in [0.15, 0.2) is 5.82 Å². The summed E-state index contributed by atoms with van der Waals surface area (Å²) in [6.45, 7) is 1.36. The van der Waals surface area contributed by atoms with Crippen LogP contribution >= 0.6 is 0 Å². The van der Waals surface area contributed by atoms with Crippen LogP contribution < -0.4 is 5.32 Å². The van der Waals surface area contributed by atoms with Crippen LogP contribution in [0.5, 0.6) is 0 Å². The summed E-state index contributed by atoms with van der Waals surface area (Å²) in [7, 11) is 0. The van der Waals surface area contributed by atoms with Crippen molar-refractivity contribution >= 4 is 22.8 Å². The number of fused-ring (bicyclic) bond motifs is 1. The first-order valence-electron chi connectivity index (χ1n) is 8.17. The van der Waals surface area contributed by atoms with Crippen molar-refractivity contribution in [1.29, 1.82) is 0 Å². The van der Waals surface area contributed by atoms with E-state index in [1.54, 1.807) is 0 Å². The fraction of sp³-hybridized carbons (Fsp3) is 0.353. The molecule has 1 atom stereocenters. The molecule has 3 aromatic rings. The number of benzene rings is 1. The molecule has 7 heteroatoms. The molecule has 4 rings (SSSR count). The van der Waals surface area contributed by atoms with Gasteiger partial charge < -0.3 is 9.30 Å². The van der Waals surface area contributed by atoms with Crippen LogP contribution in [0.15, 0.2) is 36.5 Å². The number of hydrogen-bond donors (Lipinski definition) is 2. The predicted molar refractivity (Wildman–Crippen MR) is 89.5 cm³/mol. The molecule has 1 aromatic carbocycles. The van der Waals surface area contributed by atoms with Gasteiger partial charge in [0.05, 0.1) is 0 Å². The van der Waals surface area contributed by atoms with Gasteiger partial charge in [-0.15, -0.1) is 5.10 Å². The number of aryl methyl sites for hydroxylation is 1. The maximum absolute atomic E-state index is 12.1. The number of ether oxygens (including phenoxy) is 1. The van der Waals surface area contributed by atoms with Crippen LogP contribution in [0.1, 0.15) is 31.2 Å². The SMILES string of the molecule is O=C(CCn1ccc2ccccc21)Nc1n[nH]c([C@@H]2CCCO2)n1. The van der Waals surface area contributed by atoms with E-state index < -0.39 is 0 Å². The average molecular weight is 325 g/mol. The highest BCUT2D eigenvalue weighted by Gasteiger charge is 2.21. The van der Waals surface area contributed by atoms with E-state index >= 15 is 0 Å². The van der Waals surface area contributed by atoms with Crippen LogP contribution in [0.3, 0.4) is 0 Å². The normalized spacial score (nSPS) is 17.4. The molecule has 0 unspecified atom stereocenters. The van der Waals surface area contributed by atoms with E-state index in [-0.39, 0.29) is 12.0 Å². The standard InChI is InChI=1S/C17H19N5O2/c23-15(8-10-22-9-7-12-4-1-2-5-13(12)22)18-17-19-16(20-21-17)14-6-3-11-24-14/h1-2,4-5,7,9,14H,3,6,8,10-11H2,(H2,18,19,20,21,23)/t14-/m0/s1. The molecule has 2 aromatic heterocycles. The summed E-state index contributed by atoms with van der Waals surface area (Å²) in [5, 5.41) is 10.8. The van der Waals surface area contributed by atoms with Gasteiger partial charge in [-0.3, -0.25) is 15.2 Å². The van der Waals surface area contributed by atoms with E-state index in [9.17, 15) is 4.79 Å². The van der Waals surface area contributed by atoms with Crippen molar-refractivity contribution in [3.05, 3.63) is 42.4 Å². The van der Waals surface area contributed by atoms with E-state index in [1.165, 1.54) is 5.39 Å². The number of aromatic amines is 1. The van der Waals surface area contributed by atoms with Crippen molar-refractivity contribution in [1.82, 2.24) is 19.7 Å². The van der Waals surface area contributed by atoms with Gasteiger partial charge in [-0.25, -0.2) is 0 Å². The molecule has 0 radical (unpaired) electrons. The van der Waals surface area contributed by atoms with Crippen LogP contribution in [0.25, 0.3) is 10.9 Å². The molecule has 124 valence electrons. The maximum Gasteiger partial charge on any atom is 0.248 e. The number of nitrogens with zero attached hydrogens (tertiary/aromatic N) is 3. The Morgan fingerprint density at radius 2 is 2.29 bits per heavy atom. The molecule has 1 amide bonds. The summed E-state index contributed by atoms with van der Waals surface area (Å²) in [5.74, 6) is 0.882. The quantitative estimate of drug-likeness (QED) is 0.755. The third-order valence-corrected chi connectivity index (χ3v) is 4.25. The molecule has 0 saturated carbocycles. The zero-order chi connectivity index (χ0) is 16.4. The van der Waals surface area contributed by atoms with Crippen molar-refractivity contribution in [2.75, 3.05) is 11.9 Å². The molecule has 2 N–H and O–H groups in total. The number of nitrogens with one attached hydrogen (secondary N) is 2. The van der Waals surface area contributed by atoms with Gasteiger partial charge in [-0.2, -0.15) is 4.98 Å². The first kappa shape index (κ1) is 14.9. The Hall–Kier alpha value is -2.67. The van der Waals surface area contributed by atoms with Crippen LogP contribution in [-0.4, -0.2) is 32.3 Å². The van der Waals surface area contributed by atoms with Crippen molar-refractivity contribution in [3.63, 3.8) is 0 Å². The Labute approximate surface area is 139 Å². The average Bonchev–Trinajstić information content (AvgIpc) is 3.33. The number of aromatic nitrogens is 4. The lowest BCUT2D eigenvalue weighted by molar-refractivity contribution is -0.116. The van der Waals surface area contributed by atoms with E-state index in [2.05, 4.69) is 43.3 Å².